The lowest BCUT2D eigenvalue weighted by Gasteiger charge is -2.05. The molecule has 1 heterocycles. The third kappa shape index (κ3) is 2.64. The molecule has 0 aliphatic rings. The van der Waals surface area contributed by atoms with Crippen molar-refractivity contribution in [1.29, 1.82) is 0 Å². The lowest BCUT2D eigenvalue weighted by molar-refractivity contribution is 1.57. The van der Waals surface area contributed by atoms with Gasteiger partial charge in [-0.3, -0.25) is 0 Å². The van der Waals surface area contributed by atoms with Crippen LogP contribution in [0.2, 0.25) is 0 Å². The molecule has 0 spiro atoms. The van der Waals surface area contributed by atoms with Gasteiger partial charge >= 0.3 is 0 Å². The quantitative estimate of drug-likeness (QED) is 0.214. The molecule has 0 saturated carbocycles. The minimum atomic E-state index is 1.12. The fourth-order valence-corrected chi connectivity index (χ4v) is 5.95. The highest BCUT2D eigenvalue weighted by molar-refractivity contribution is 14.1. The Bertz CT molecular complexity index is 1020. The van der Waals surface area contributed by atoms with Crippen molar-refractivity contribution in [3.8, 4) is 11.1 Å². The summed E-state index contributed by atoms with van der Waals surface area (Å²) in [4.78, 5) is 0. The number of benzene rings is 3. The molecule has 0 nitrogen and oxygen atoms in total. The van der Waals surface area contributed by atoms with Crippen LogP contribution in [0, 0.1) is 3.57 Å². The van der Waals surface area contributed by atoms with E-state index in [0.29, 0.717) is 0 Å². The van der Waals surface area contributed by atoms with Gasteiger partial charge < -0.3 is 0 Å². The fourth-order valence-electron chi connectivity index (χ4n) is 2.64. The summed E-state index contributed by atoms with van der Waals surface area (Å²) in [5, 5.41) is 2.67. The standard InChI is InChI=1S/C18H9Br2IS/c19-11-2-5-13(16(21)8-11)10-1-4-14-15-6-3-12(20)9-18(15)22-17(14)7-10/h1-9H. The molecule has 108 valence electrons. The molecule has 4 heteroatoms. The summed E-state index contributed by atoms with van der Waals surface area (Å²) in [5.41, 5.74) is 2.55. The Morgan fingerprint density at radius 3 is 2.14 bits per heavy atom. The monoisotopic (exact) mass is 542 g/mol. The van der Waals surface area contributed by atoms with Crippen molar-refractivity contribution in [3.05, 3.63) is 67.1 Å². The Hall–Kier alpha value is -0.430. The van der Waals surface area contributed by atoms with Gasteiger partial charge in [-0.05, 0) is 64.0 Å². The maximum atomic E-state index is 3.56. The van der Waals surface area contributed by atoms with E-state index in [4.69, 9.17) is 0 Å². The van der Waals surface area contributed by atoms with Crippen LogP contribution in [0.3, 0.4) is 0 Å². The van der Waals surface area contributed by atoms with Crippen LogP contribution < -0.4 is 0 Å². The molecule has 0 radical (unpaired) electrons. The molecule has 3 aromatic carbocycles. The van der Waals surface area contributed by atoms with Gasteiger partial charge in [0.05, 0.1) is 0 Å². The smallest absolute Gasteiger partial charge is 0.0366 e. The van der Waals surface area contributed by atoms with Crippen molar-refractivity contribution in [2.24, 2.45) is 0 Å². The lowest BCUT2D eigenvalue weighted by atomic mass is 10.0. The Morgan fingerprint density at radius 1 is 0.727 bits per heavy atom. The number of fused-ring (bicyclic) bond motifs is 3. The second-order valence-electron chi connectivity index (χ2n) is 5.08. The van der Waals surface area contributed by atoms with Gasteiger partial charge in [0.25, 0.3) is 0 Å². The zero-order chi connectivity index (χ0) is 15.3. The number of hydrogen-bond acceptors (Lipinski definition) is 1. The fraction of sp³-hybridized carbons (Fsp3) is 0. The van der Waals surface area contributed by atoms with Crippen LogP contribution in [-0.2, 0) is 0 Å². The number of hydrogen-bond donors (Lipinski definition) is 0. The summed E-state index contributed by atoms with van der Waals surface area (Å²) < 4.78 is 6.18. The van der Waals surface area contributed by atoms with Crippen molar-refractivity contribution in [3.63, 3.8) is 0 Å². The first-order valence-electron chi connectivity index (χ1n) is 6.69. The van der Waals surface area contributed by atoms with Crippen LogP contribution in [0.5, 0.6) is 0 Å². The first-order chi connectivity index (χ1) is 10.6. The highest BCUT2D eigenvalue weighted by Crippen LogP contribution is 2.38. The second-order valence-corrected chi connectivity index (χ2v) is 9.15. The van der Waals surface area contributed by atoms with Crippen molar-refractivity contribution in [2.45, 2.75) is 0 Å². The Labute approximate surface area is 162 Å². The van der Waals surface area contributed by atoms with Gasteiger partial charge in [0.15, 0.2) is 0 Å². The third-order valence-electron chi connectivity index (χ3n) is 3.68. The minimum absolute atomic E-state index is 1.12. The molecule has 0 fully saturated rings. The van der Waals surface area contributed by atoms with E-state index >= 15 is 0 Å². The summed E-state index contributed by atoms with van der Waals surface area (Å²) in [6.45, 7) is 0. The van der Waals surface area contributed by atoms with Crippen LogP contribution in [0.1, 0.15) is 0 Å². The molecule has 4 aromatic rings. The molecule has 1 aromatic heterocycles. The maximum Gasteiger partial charge on any atom is 0.0366 e. The molecular formula is C18H9Br2IS. The van der Waals surface area contributed by atoms with Gasteiger partial charge in [0.2, 0.25) is 0 Å². The lowest BCUT2D eigenvalue weighted by Crippen LogP contribution is -1.82. The van der Waals surface area contributed by atoms with E-state index in [1.54, 1.807) is 0 Å². The van der Waals surface area contributed by atoms with Crippen molar-refractivity contribution >= 4 is 86.0 Å². The molecule has 0 aliphatic carbocycles. The van der Waals surface area contributed by atoms with Crippen molar-refractivity contribution in [1.82, 2.24) is 0 Å². The van der Waals surface area contributed by atoms with Gasteiger partial charge in [0, 0.05) is 32.7 Å². The molecule has 0 unspecified atom stereocenters. The molecule has 0 aliphatic heterocycles. The molecule has 0 bridgehead atoms. The second kappa shape index (κ2) is 5.89. The molecule has 0 atom stereocenters. The zero-order valence-electron chi connectivity index (χ0n) is 11.2. The summed E-state index contributed by atoms with van der Waals surface area (Å²) in [6.07, 6.45) is 0. The summed E-state index contributed by atoms with van der Waals surface area (Å²) >= 11 is 11.3. The van der Waals surface area contributed by atoms with Gasteiger partial charge in [-0.25, -0.2) is 0 Å². The maximum absolute atomic E-state index is 3.56. The predicted octanol–water partition coefficient (Wildman–Crippen LogP) is 7.85. The van der Waals surface area contributed by atoms with Crippen LogP contribution >= 0.6 is 65.8 Å². The van der Waals surface area contributed by atoms with E-state index in [-0.39, 0.29) is 0 Å². The van der Waals surface area contributed by atoms with Gasteiger partial charge in [-0.1, -0.05) is 56.1 Å². The summed E-state index contributed by atoms with van der Waals surface area (Å²) in [5.74, 6) is 0. The normalized spacial score (nSPS) is 11.4. The third-order valence-corrected chi connectivity index (χ3v) is 6.67. The van der Waals surface area contributed by atoms with Crippen LogP contribution in [0.4, 0.5) is 0 Å². The summed E-state index contributed by atoms with van der Waals surface area (Å²) in [7, 11) is 0. The molecule has 0 N–H and O–H groups in total. The number of halogens is 3. The summed E-state index contributed by atoms with van der Waals surface area (Å²) in [6, 6.07) is 19.7. The average molecular weight is 544 g/mol. The van der Waals surface area contributed by atoms with E-state index in [1.165, 1.54) is 34.9 Å². The van der Waals surface area contributed by atoms with E-state index in [0.717, 1.165) is 8.95 Å². The van der Waals surface area contributed by atoms with Crippen LogP contribution in [0.15, 0.2) is 63.5 Å². The van der Waals surface area contributed by atoms with Crippen molar-refractivity contribution < 1.29 is 0 Å². The highest BCUT2D eigenvalue weighted by Gasteiger charge is 2.09. The van der Waals surface area contributed by atoms with Crippen LogP contribution in [0.25, 0.3) is 31.3 Å². The minimum Gasteiger partial charge on any atom is -0.135 e. The Kier molecular flexibility index (Phi) is 4.05. The Balaban J connectivity index is 1.95. The van der Waals surface area contributed by atoms with Gasteiger partial charge in [0.1, 0.15) is 0 Å². The largest absolute Gasteiger partial charge is 0.135 e. The first-order valence-corrected chi connectivity index (χ1v) is 10.2. The van der Waals surface area contributed by atoms with E-state index in [2.05, 4.69) is 109 Å². The van der Waals surface area contributed by atoms with Gasteiger partial charge in [-0.15, -0.1) is 11.3 Å². The van der Waals surface area contributed by atoms with Crippen LogP contribution in [-0.4, -0.2) is 0 Å². The van der Waals surface area contributed by atoms with Gasteiger partial charge in [-0.2, -0.15) is 0 Å². The molecule has 0 saturated heterocycles. The molecule has 22 heavy (non-hydrogen) atoms. The van der Waals surface area contributed by atoms with E-state index in [1.807, 2.05) is 11.3 Å². The predicted molar refractivity (Wildman–Crippen MR) is 113 cm³/mol. The molecule has 0 amide bonds. The van der Waals surface area contributed by atoms with E-state index in [9.17, 15) is 0 Å². The highest BCUT2D eigenvalue weighted by atomic mass is 127. The molecular weight excluding hydrogens is 535 g/mol. The molecule has 4 rings (SSSR count). The number of thiophene rings is 1. The van der Waals surface area contributed by atoms with E-state index < -0.39 is 0 Å². The average Bonchev–Trinajstić information content (AvgIpc) is 2.83. The number of rotatable bonds is 1. The topological polar surface area (TPSA) is 0 Å². The zero-order valence-corrected chi connectivity index (χ0v) is 17.4. The SMILES string of the molecule is Brc1ccc(-c2ccc3c(c2)sc2cc(Br)ccc23)c(I)c1. The Morgan fingerprint density at radius 2 is 1.36 bits per heavy atom. The van der Waals surface area contributed by atoms with Crippen molar-refractivity contribution in [2.75, 3.05) is 0 Å². The first kappa shape index (κ1) is 15.1.